The molecule has 0 aromatic heterocycles. The molecule has 0 spiro atoms. The third-order valence-corrected chi connectivity index (χ3v) is 4.01. The van der Waals surface area contributed by atoms with Crippen LogP contribution in [0.15, 0.2) is 0 Å². The molecule has 0 fully saturated rings. The molecule has 204 valence electrons. The van der Waals surface area contributed by atoms with E-state index in [0.29, 0.717) is 0 Å². The molecule has 0 heterocycles. The Hall–Kier alpha value is -2.60. The van der Waals surface area contributed by atoms with Gasteiger partial charge in [-0.1, -0.05) is 0 Å². The van der Waals surface area contributed by atoms with E-state index in [2.05, 4.69) is 21.3 Å². The number of alkyl carbamates (subject to hydrolysis) is 2. The predicted octanol–water partition coefficient (Wildman–Crippen LogP) is 2.16. The van der Waals surface area contributed by atoms with Crippen LogP contribution in [0.3, 0.4) is 0 Å². The van der Waals surface area contributed by atoms with Crippen molar-refractivity contribution in [2.75, 3.05) is 27.0 Å². The lowest BCUT2D eigenvalue weighted by Crippen LogP contribution is -2.59. The second-order valence-electron chi connectivity index (χ2n) is 11.0. The molecule has 12 heteroatoms. The molecule has 0 saturated carbocycles. The van der Waals surface area contributed by atoms with Crippen molar-refractivity contribution in [2.24, 2.45) is 0 Å². The Labute approximate surface area is 208 Å². The highest BCUT2D eigenvalue weighted by Gasteiger charge is 2.43. The first-order valence-electron chi connectivity index (χ1n) is 11.5. The lowest BCUT2D eigenvalue weighted by atomic mass is 9.90. The van der Waals surface area contributed by atoms with E-state index >= 15 is 0 Å². The number of carbonyl (C=O) groups is 4. The van der Waals surface area contributed by atoms with Crippen LogP contribution in [0.25, 0.3) is 0 Å². The summed E-state index contributed by atoms with van der Waals surface area (Å²) in [6, 6.07) is 0. The molecule has 0 aliphatic carbocycles. The molecule has 0 aromatic rings. The minimum absolute atomic E-state index is 0.0632. The van der Waals surface area contributed by atoms with Gasteiger partial charge in [0, 0.05) is 0 Å². The van der Waals surface area contributed by atoms with Crippen molar-refractivity contribution < 1.29 is 38.1 Å². The number of nitrogens with one attached hydrogen (secondary N) is 4. The summed E-state index contributed by atoms with van der Waals surface area (Å²) in [4.78, 5) is 49.3. The monoisotopic (exact) mass is 504 g/mol. The van der Waals surface area contributed by atoms with Gasteiger partial charge in [-0.3, -0.25) is 20.2 Å². The maximum absolute atomic E-state index is 13.2. The molecule has 0 aliphatic rings. The third kappa shape index (κ3) is 15.8. The summed E-state index contributed by atoms with van der Waals surface area (Å²) in [5.74, 6) is -1.34. The SMILES string of the molecule is COC(=O)CC(CCNCNC(=O)OC(C)(C)C)(NCNC(=O)OC(C)(C)C)C(=O)OC(C)(C)C. The molecule has 35 heavy (non-hydrogen) atoms. The van der Waals surface area contributed by atoms with E-state index in [1.165, 1.54) is 7.11 Å². The Morgan fingerprint density at radius 3 is 1.57 bits per heavy atom. The van der Waals surface area contributed by atoms with Crippen molar-refractivity contribution in [2.45, 2.75) is 97.5 Å². The fourth-order valence-corrected chi connectivity index (χ4v) is 2.62. The molecule has 0 radical (unpaired) electrons. The largest absolute Gasteiger partial charge is 0.469 e. The summed E-state index contributed by atoms with van der Waals surface area (Å²) in [5.41, 5.74) is -3.70. The third-order valence-electron chi connectivity index (χ3n) is 4.01. The van der Waals surface area contributed by atoms with Gasteiger partial charge in [0.2, 0.25) is 0 Å². The number of rotatable bonds is 11. The maximum Gasteiger partial charge on any atom is 0.408 e. The number of hydrogen-bond acceptors (Lipinski definition) is 10. The molecule has 1 atom stereocenters. The van der Waals surface area contributed by atoms with E-state index in [1.807, 2.05) is 0 Å². The molecule has 0 saturated heterocycles. The number of hydrogen-bond donors (Lipinski definition) is 4. The molecule has 0 rings (SSSR count). The lowest BCUT2D eigenvalue weighted by Gasteiger charge is -2.35. The molecule has 12 nitrogen and oxygen atoms in total. The fraction of sp³-hybridized carbons (Fsp3) is 0.826. The average Bonchev–Trinajstić information content (AvgIpc) is 2.62. The molecule has 4 N–H and O–H groups in total. The first-order valence-corrected chi connectivity index (χ1v) is 11.5. The van der Waals surface area contributed by atoms with Crippen LogP contribution in [0.5, 0.6) is 0 Å². The second kappa shape index (κ2) is 13.5. The van der Waals surface area contributed by atoms with E-state index in [9.17, 15) is 19.2 Å². The van der Waals surface area contributed by atoms with Gasteiger partial charge in [-0.05, 0) is 75.3 Å². The van der Waals surface area contributed by atoms with Crippen molar-refractivity contribution in [3.8, 4) is 0 Å². The summed E-state index contributed by atoms with van der Waals surface area (Å²) in [6.45, 7) is 15.6. The Kier molecular flexibility index (Phi) is 12.5. The van der Waals surface area contributed by atoms with E-state index < -0.39 is 46.5 Å². The normalized spacial score (nSPS) is 13.8. The van der Waals surface area contributed by atoms with Crippen LogP contribution in [0.2, 0.25) is 0 Å². The van der Waals surface area contributed by atoms with Gasteiger partial charge in [-0.25, -0.2) is 9.59 Å². The van der Waals surface area contributed by atoms with E-state index in [-0.39, 0.29) is 32.7 Å². The van der Waals surface area contributed by atoms with E-state index in [1.54, 1.807) is 62.3 Å². The first-order chi connectivity index (χ1) is 15.8. The average molecular weight is 505 g/mol. The fourth-order valence-electron chi connectivity index (χ4n) is 2.62. The zero-order valence-electron chi connectivity index (χ0n) is 22.8. The number of amides is 2. The van der Waals surface area contributed by atoms with Crippen LogP contribution >= 0.6 is 0 Å². The van der Waals surface area contributed by atoms with Crippen LogP contribution < -0.4 is 21.3 Å². The Morgan fingerprint density at radius 1 is 0.686 bits per heavy atom. The summed E-state index contributed by atoms with van der Waals surface area (Å²) in [7, 11) is 1.21. The zero-order chi connectivity index (χ0) is 27.5. The number of ether oxygens (including phenoxy) is 4. The van der Waals surface area contributed by atoms with Crippen molar-refractivity contribution >= 4 is 24.1 Å². The van der Waals surface area contributed by atoms with Gasteiger partial charge in [-0.15, -0.1) is 0 Å². The minimum atomic E-state index is -1.53. The molecule has 0 aliphatic heterocycles. The van der Waals surface area contributed by atoms with Crippen molar-refractivity contribution in [1.82, 2.24) is 21.3 Å². The highest BCUT2D eigenvalue weighted by molar-refractivity contribution is 5.87. The number of methoxy groups -OCH3 is 1. The molecule has 1 unspecified atom stereocenters. The second-order valence-corrected chi connectivity index (χ2v) is 11.0. The van der Waals surface area contributed by atoms with E-state index in [0.717, 1.165) is 0 Å². The van der Waals surface area contributed by atoms with Crippen LogP contribution in [-0.4, -0.2) is 73.5 Å². The van der Waals surface area contributed by atoms with Crippen LogP contribution in [0.4, 0.5) is 9.59 Å². The summed E-state index contributed by atoms with van der Waals surface area (Å²) < 4.78 is 20.7. The van der Waals surface area contributed by atoms with Crippen LogP contribution in [-0.2, 0) is 28.5 Å². The number of esters is 2. The zero-order valence-corrected chi connectivity index (χ0v) is 22.8. The highest BCUT2D eigenvalue weighted by atomic mass is 16.6. The highest BCUT2D eigenvalue weighted by Crippen LogP contribution is 2.22. The Balaban J connectivity index is 5.40. The van der Waals surface area contributed by atoms with E-state index in [4.69, 9.17) is 18.9 Å². The van der Waals surface area contributed by atoms with Gasteiger partial charge in [0.05, 0.1) is 26.9 Å². The maximum atomic E-state index is 13.2. The lowest BCUT2D eigenvalue weighted by molar-refractivity contribution is -0.167. The number of carbonyl (C=O) groups excluding carboxylic acids is 4. The smallest absolute Gasteiger partial charge is 0.408 e. The Morgan fingerprint density at radius 2 is 1.14 bits per heavy atom. The van der Waals surface area contributed by atoms with Gasteiger partial charge >= 0.3 is 24.1 Å². The van der Waals surface area contributed by atoms with Crippen molar-refractivity contribution in [1.29, 1.82) is 0 Å². The predicted molar refractivity (Wildman–Crippen MR) is 129 cm³/mol. The van der Waals surface area contributed by atoms with Gasteiger partial charge < -0.3 is 29.6 Å². The van der Waals surface area contributed by atoms with Crippen LogP contribution in [0, 0.1) is 0 Å². The molecule has 0 bridgehead atoms. The molecular formula is C23H44N4O8. The van der Waals surface area contributed by atoms with Crippen molar-refractivity contribution in [3.05, 3.63) is 0 Å². The van der Waals surface area contributed by atoms with Gasteiger partial charge in [0.25, 0.3) is 0 Å². The standard InChI is InChI=1S/C23H44N4O8/c1-20(2,3)33-17(29)23(13-16(28)32-10,27-15-26-19(31)35-22(7,8)9)11-12-24-14-25-18(30)34-21(4,5)6/h24,27H,11-15H2,1-10H3,(H,25,30)(H,26,31). The molecular weight excluding hydrogens is 460 g/mol. The van der Waals surface area contributed by atoms with Gasteiger partial charge in [-0.2, -0.15) is 0 Å². The summed E-state index contributed by atoms with van der Waals surface area (Å²) in [6.07, 6.45) is -1.57. The Bertz CT molecular complexity index is 723. The van der Waals surface area contributed by atoms with Crippen LogP contribution in [0.1, 0.15) is 75.2 Å². The first kappa shape index (κ1) is 32.4. The summed E-state index contributed by atoms with van der Waals surface area (Å²) >= 11 is 0. The molecule has 0 aromatic carbocycles. The summed E-state index contributed by atoms with van der Waals surface area (Å²) in [5, 5.41) is 11.0. The van der Waals surface area contributed by atoms with Crippen molar-refractivity contribution in [3.63, 3.8) is 0 Å². The van der Waals surface area contributed by atoms with Gasteiger partial charge in [0.15, 0.2) is 0 Å². The van der Waals surface area contributed by atoms with Gasteiger partial charge in [0.1, 0.15) is 22.3 Å². The topological polar surface area (TPSA) is 153 Å². The molecule has 2 amide bonds. The quantitative estimate of drug-likeness (QED) is 0.142. The minimum Gasteiger partial charge on any atom is -0.469 e.